The summed E-state index contributed by atoms with van der Waals surface area (Å²) in [5, 5.41) is 9.11. The van der Waals surface area contributed by atoms with E-state index in [1.54, 1.807) is 18.9 Å². The number of rotatable bonds is 7. The van der Waals surface area contributed by atoms with E-state index in [-0.39, 0.29) is 6.61 Å². The first-order valence-corrected chi connectivity index (χ1v) is 7.56. The van der Waals surface area contributed by atoms with Crippen molar-refractivity contribution in [3.63, 3.8) is 0 Å². The van der Waals surface area contributed by atoms with Gasteiger partial charge in [-0.1, -0.05) is 6.07 Å². The fourth-order valence-electron chi connectivity index (χ4n) is 2.17. The van der Waals surface area contributed by atoms with Crippen LogP contribution in [0, 0.1) is 0 Å². The van der Waals surface area contributed by atoms with Crippen LogP contribution in [0.5, 0.6) is 5.75 Å². The number of ether oxygens (including phenoxy) is 1. The minimum absolute atomic E-state index is 0.238. The van der Waals surface area contributed by atoms with Crippen molar-refractivity contribution >= 4 is 11.8 Å². The van der Waals surface area contributed by atoms with Crippen LogP contribution in [0.15, 0.2) is 23.1 Å². The Kier molecular flexibility index (Phi) is 4.92. The number of nitrogens with zero attached hydrogens (tertiary/aromatic N) is 1. The SMILES string of the molecule is COc1ccc(CN(CCO)C2CC2)cc1SC. The van der Waals surface area contributed by atoms with Gasteiger partial charge in [-0.05, 0) is 36.8 Å². The third-order valence-corrected chi connectivity index (χ3v) is 4.04. The Morgan fingerprint density at radius 2 is 2.22 bits per heavy atom. The molecule has 0 radical (unpaired) electrons. The molecule has 3 nitrogen and oxygen atoms in total. The van der Waals surface area contributed by atoms with Gasteiger partial charge in [0, 0.05) is 24.0 Å². The monoisotopic (exact) mass is 267 g/mol. The van der Waals surface area contributed by atoms with Crippen LogP contribution >= 0.6 is 11.8 Å². The lowest BCUT2D eigenvalue weighted by molar-refractivity contribution is 0.183. The molecule has 0 atom stereocenters. The van der Waals surface area contributed by atoms with Crippen LogP contribution in [0.25, 0.3) is 0 Å². The molecule has 1 fully saturated rings. The number of aliphatic hydroxyl groups is 1. The molecule has 1 aromatic carbocycles. The lowest BCUT2D eigenvalue weighted by Gasteiger charge is -2.21. The van der Waals surface area contributed by atoms with Gasteiger partial charge in [0.15, 0.2) is 0 Å². The van der Waals surface area contributed by atoms with Crippen LogP contribution in [-0.4, -0.2) is 42.6 Å². The maximum atomic E-state index is 9.11. The second kappa shape index (κ2) is 6.45. The Hall–Kier alpha value is -0.710. The van der Waals surface area contributed by atoms with Crippen molar-refractivity contribution in [2.45, 2.75) is 30.3 Å². The normalized spacial score (nSPS) is 15.1. The molecule has 1 N–H and O–H groups in total. The van der Waals surface area contributed by atoms with E-state index in [1.807, 2.05) is 6.07 Å². The molecule has 100 valence electrons. The molecule has 0 aliphatic heterocycles. The molecule has 0 saturated heterocycles. The third-order valence-electron chi connectivity index (χ3n) is 3.28. The first kappa shape index (κ1) is 13.7. The van der Waals surface area contributed by atoms with Crippen molar-refractivity contribution in [1.82, 2.24) is 4.90 Å². The van der Waals surface area contributed by atoms with Gasteiger partial charge in [0.1, 0.15) is 5.75 Å². The summed E-state index contributed by atoms with van der Waals surface area (Å²) in [5.74, 6) is 0.936. The average Bonchev–Trinajstić information content (AvgIpc) is 3.22. The Labute approximate surface area is 113 Å². The number of benzene rings is 1. The van der Waals surface area contributed by atoms with Crippen molar-refractivity contribution in [2.24, 2.45) is 0 Å². The van der Waals surface area contributed by atoms with Gasteiger partial charge in [0.25, 0.3) is 0 Å². The van der Waals surface area contributed by atoms with E-state index in [0.29, 0.717) is 6.04 Å². The van der Waals surface area contributed by atoms with Crippen molar-refractivity contribution in [2.75, 3.05) is 26.5 Å². The lowest BCUT2D eigenvalue weighted by atomic mass is 10.2. The van der Waals surface area contributed by atoms with E-state index < -0.39 is 0 Å². The predicted molar refractivity (Wildman–Crippen MR) is 75.3 cm³/mol. The summed E-state index contributed by atoms with van der Waals surface area (Å²) in [6.07, 6.45) is 4.60. The quantitative estimate of drug-likeness (QED) is 0.769. The molecular formula is C14H21NO2S. The molecule has 0 unspecified atom stereocenters. The molecule has 0 bridgehead atoms. The Bertz CT molecular complexity index is 393. The second-order valence-electron chi connectivity index (χ2n) is 4.61. The number of aliphatic hydroxyl groups excluding tert-OH is 1. The second-order valence-corrected chi connectivity index (χ2v) is 5.46. The molecule has 0 heterocycles. The zero-order chi connectivity index (χ0) is 13.0. The molecule has 1 aliphatic rings. The summed E-state index contributed by atoms with van der Waals surface area (Å²) in [6, 6.07) is 7.02. The molecular weight excluding hydrogens is 246 g/mol. The maximum Gasteiger partial charge on any atom is 0.132 e. The van der Waals surface area contributed by atoms with E-state index in [9.17, 15) is 0 Å². The molecule has 0 spiro atoms. The molecule has 4 heteroatoms. The molecule has 18 heavy (non-hydrogen) atoms. The summed E-state index contributed by atoms with van der Waals surface area (Å²) < 4.78 is 5.33. The van der Waals surface area contributed by atoms with Crippen LogP contribution in [-0.2, 0) is 6.54 Å². The fourth-order valence-corrected chi connectivity index (χ4v) is 2.79. The zero-order valence-electron chi connectivity index (χ0n) is 11.1. The Balaban J connectivity index is 2.07. The van der Waals surface area contributed by atoms with Crippen molar-refractivity contribution in [3.05, 3.63) is 23.8 Å². The van der Waals surface area contributed by atoms with Crippen molar-refractivity contribution in [3.8, 4) is 5.75 Å². The standard InChI is InChI=1S/C14H21NO2S/c1-17-13-6-3-11(9-14(13)18-2)10-15(7-8-16)12-4-5-12/h3,6,9,12,16H,4-5,7-8,10H2,1-2H3. The van der Waals surface area contributed by atoms with E-state index in [4.69, 9.17) is 9.84 Å². The van der Waals surface area contributed by atoms with Gasteiger partial charge >= 0.3 is 0 Å². The summed E-state index contributed by atoms with van der Waals surface area (Å²) in [6.45, 7) is 1.93. The van der Waals surface area contributed by atoms with Crippen molar-refractivity contribution < 1.29 is 9.84 Å². The Morgan fingerprint density at radius 3 is 2.78 bits per heavy atom. The van der Waals surface area contributed by atoms with E-state index in [0.717, 1.165) is 18.8 Å². The number of thioether (sulfide) groups is 1. The highest BCUT2D eigenvalue weighted by Crippen LogP contribution is 2.31. The van der Waals surface area contributed by atoms with Gasteiger partial charge in [0.2, 0.25) is 0 Å². The fraction of sp³-hybridized carbons (Fsp3) is 0.571. The molecule has 1 saturated carbocycles. The third kappa shape index (κ3) is 3.40. The van der Waals surface area contributed by atoms with Crippen LogP contribution < -0.4 is 4.74 Å². The largest absolute Gasteiger partial charge is 0.496 e. The van der Waals surface area contributed by atoms with Crippen LogP contribution in [0.3, 0.4) is 0 Å². The number of hydrogen-bond acceptors (Lipinski definition) is 4. The van der Waals surface area contributed by atoms with Crippen LogP contribution in [0.2, 0.25) is 0 Å². The molecule has 0 aromatic heterocycles. The van der Waals surface area contributed by atoms with E-state index in [2.05, 4.69) is 23.3 Å². The van der Waals surface area contributed by atoms with E-state index in [1.165, 1.54) is 23.3 Å². The smallest absolute Gasteiger partial charge is 0.132 e. The maximum absolute atomic E-state index is 9.11. The van der Waals surface area contributed by atoms with E-state index >= 15 is 0 Å². The highest BCUT2D eigenvalue weighted by atomic mass is 32.2. The van der Waals surface area contributed by atoms with Gasteiger partial charge in [-0.25, -0.2) is 0 Å². The van der Waals surface area contributed by atoms with Gasteiger partial charge < -0.3 is 9.84 Å². The first-order chi connectivity index (χ1) is 8.78. The highest BCUT2D eigenvalue weighted by Gasteiger charge is 2.28. The first-order valence-electron chi connectivity index (χ1n) is 6.34. The van der Waals surface area contributed by atoms with Crippen LogP contribution in [0.4, 0.5) is 0 Å². The molecule has 1 aromatic rings. The summed E-state index contributed by atoms with van der Waals surface area (Å²) >= 11 is 1.71. The van der Waals surface area contributed by atoms with Crippen LogP contribution in [0.1, 0.15) is 18.4 Å². The topological polar surface area (TPSA) is 32.7 Å². The van der Waals surface area contributed by atoms with Gasteiger partial charge in [-0.3, -0.25) is 4.90 Å². The van der Waals surface area contributed by atoms with Gasteiger partial charge in [0.05, 0.1) is 13.7 Å². The summed E-state index contributed by atoms with van der Waals surface area (Å²) in [7, 11) is 1.71. The minimum atomic E-state index is 0.238. The Morgan fingerprint density at radius 1 is 1.44 bits per heavy atom. The highest BCUT2D eigenvalue weighted by molar-refractivity contribution is 7.98. The zero-order valence-corrected chi connectivity index (χ0v) is 11.9. The number of methoxy groups -OCH3 is 1. The lowest BCUT2D eigenvalue weighted by Crippen LogP contribution is -2.28. The average molecular weight is 267 g/mol. The summed E-state index contributed by atoms with van der Waals surface area (Å²) in [4.78, 5) is 3.54. The summed E-state index contributed by atoms with van der Waals surface area (Å²) in [5.41, 5.74) is 1.29. The molecule has 2 rings (SSSR count). The molecule has 0 amide bonds. The van der Waals surface area contributed by atoms with Gasteiger partial charge in [-0.2, -0.15) is 0 Å². The van der Waals surface area contributed by atoms with Gasteiger partial charge in [-0.15, -0.1) is 11.8 Å². The minimum Gasteiger partial charge on any atom is -0.496 e. The number of hydrogen-bond donors (Lipinski definition) is 1. The molecule has 1 aliphatic carbocycles. The van der Waals surface area contributed by atoms with Crippen molar-refractivity contribution in [1.29, 1.82) is 0 Å². The predicted octanol–water partition coefficient (Wildman–Crippen LogP) is 2.37.